The Morgan fingerprint density at radius 1 is 1.35 bits per heavy atom. The minimum Gasteiger partial charge on any atom is -0.495 e. The number of anilines is 1. The maximum absolute atomic E-state index is 12.4. The summed E-state index contributed by atoms with van der Waals surface area (Å²) in [5.74, 6) is 1.70. The predicted octanol–water partition coefficient (Wildman–Crippen LogP) is 2.83. The summed E-state index contributed by atoms with van der Waals surface area (Å²) in [5.41, 5.74) is 6.87. The van der Waals surface area contributed by atoms with Crippen molar-refractivity contribution in [1.82, 2.24) is 5.32 Å². The Labute approximate surface area is 120 Å². The smallest absolute Gasteiger partial charge is 0.253 e. The number of carbonyl (C=O) groups is 1. The number of nitrogens with two attached hydrogens (primary N) is 1. The molecule has 3 unspecified atom stereocenters. The lowest BCUT2D eigenvalue weighted by Gasteiger charge is -2.33. The standard InChI is InChI=1S/C16H24N2O2/c1-10-7-8-13(11(2)9-10)18-16(19)12-5-4-6-14(20-3)15(12)17/h4-6,10-11,13H,7-9,17H2,1-3H3,(H,18,19). The number of hydrogen-bond donors (Lipinski definition) is 2. The van der Waals surface area contributed by atoms with Gasteiger partial charge in [0, 0.05) is 6.04 Å². The molecule has 1 fully saturated rings. The van der Waals surface area contributed by atoms with Crippen molar-refractivity contribution < 1.29 is 9.53 Å². The highest BCUT2D eigenvalue weighted by molar-refractivity contribution is 6.00. The van der Waals surface area contributed by atoms with E-state index < -0.39 is 0 Å². The fraction of sp³-hybridized carbons (Fsp3) is 0.562. The van der Waals surface area contributed by atoms with Gasteiger partial charge in [-0.1, -0.05) is 19.9 Å². The molecule has 2 rings (SSSR count). The van der Waals surface area contributed by atoms with Gasteiger partial charge in [-0.15, -0.1) is 0 Å². The summed E-state index contributed by atoms with van der Waals surface area (Å²) < 4.78 is 5.16. The van der Waals surface area contributed by atoms with E-state index in [0.29, 0.717) is 22.9 Å². The summed E-state index contributed by atoms with van der Waals surface area (Å²) in [4.78, 5) is 12.4. The summed E-state index contributed by atoms with van der Waals surface area (Å²) in [5, 5.41) is 3.12. The number of nitrogens with one attached hydrogen (secondary N) is 1. The summed E-state index contributed by atoms with van der Waals surface area (Å²) in [6, 6.07) is 5.53. The van der Waals surface area contributed by atoms with Crippen molar-refractivity contribution in [2.24, 2.45) is 11.8 Å². The molecule has 0 saturated heterocycles. The third kappa shape index (κ3) is 3.06. The first-order valence-corrected chi connectivity index (χ1v) is 7.26. The zero-order chi connectivity index (χ0) is 14.7. The monoisotopic (exact) mass is 276 g/mol. The van der Waals surface area contributed by atoms with Crippen LogP contribution in [-0.2, 0) is 0 Å². The second kappa shape index (κ2) is 6.16. The van der Waals surface area contributed by atoms with Crippen LogP contribution in [0.3, 0.4) is 0 Å². The number of ether oxygens (including phenoxy) is 1. The lowest BCUT2D eigenvalue weighted by atomic mass is 9.80. The molecular weight excluding hydrogens is 252 g/mol. The SMILES string of the molecule is COc1cccc(C(=O)NC2CCC(C)CC2C)c1N. The number of amides is 1. The largest absolute Gasteiger partial charge is 0.495 e. The van der Waals surface area contributed by atoms with Crippen LogP contribution in [0.15, 0.2) is 18.2 Å². The van der Waals surface area contributed by atoms with Gasteiger partial charge in [0.2, 0.25) is 0 Å². The average Bonchev–Trinajstić information content (AvgIpc) is 2.42. The minimum absolute atomic E-state index is 0.104. The van der Waals surface area contributed by atoms with E-state index in [2.05, 4.69) is 19.2 Å². The topological polar surface area (TPSA) is 64.3 Å². The van der Waals surface area contributed by atoms with Gasteiger partial charge in [0.05, 0.1) is 18.4 Å². The van der Waals surface area contributed by atoms with E-state index in [1.54, 1.807) is 25.3 Å². The molecule has 3 atom stereocenters. The molecular formula is C16H24N2O2. The lowest BCUT2D eigenvalue weighted by Crippen LogP contribution is -2.42. The molecule has 0 bridgehead atoms. The van der Waals surface area contributed by atoms with Gasteiger partial charge >= 0.3 is 0 Å². The van der Waals surface area contributed by atoms with E-state index in [-0.39, 0.29) is 11.9 Å². The van der Waals surface area contributed by atoms with Gasteiger partial charge in [-0.2, -0.15) is 0 Å². The Kier molecular flexibility index (Phi) is 4.53. The zero-order valence-corrected chi connectivity index (χ0v) is 12.5. The molecule has 0 aromatic heterocycles. The van der Waals surface area contributed by atoms with Crippen LogP contribution in [0, 0.1) is 11.8 Å². The van der Waals surface area contributed by atoms with Crippen molar-refractivity contribution in [2.75, 3.05) is 12.8 Å². The molecule has 1 aliphatic carbocycles. The summed E-state index contributed by atoms with van der Waals surface area (Å²) >= 11 is 0. The van der Waals surface area contributed by atoms with Gasteiger partial charge in [-0.25, -0.2) is 0 Å². The molecule has 1 aromatic carbocycles. The van der Waals surface area contributed by atoms with Crippen LogP contribution in [0.25, 0.3) is 0 Å². The van der Waals surface area contributed by atoms with E-state index in [0.717, 1.165) is 12.3 Å². The Hall–Kier alpha value is -1.71. The Morgan fingerprint density at radius 2 is 2.10 bits per heavy atom. The highest BCUT2D eigenvalue weighted by Crippen LogP contribution is 2.30. The number of para-hydroxylation sites is 1. The number of benzene rings is 1. The highest BCUT2D eigenvalue weighted by Gasteiger charge is 2.27. The summed E-state index contributed by atoms with van der Waals surface area (Å²) in [6.45, 7) is 4.48. The molecule has 110 valence electrons. The molecule has 1 saturated carbocycles. The fourth-order valence-corrected chi connectivity index (χ4v) is 3.05. The van der Waals surface area contributed by atoms with Crippen molar-refractivity contribution in [3.05, 3.63) is 23.8 Å². The molecule has 4 nitrogen and oxygen atoms in total. The molecule has 4 heteroatoms. The zero-order valence-electron chi connectivity index (χ0n) is 12.5. The molecule has 0 heterocycles. The van der Waals surface area contributed by atoms with E-state index in [1.807, 2.05) is 0 Å². The number of methoxy groups -OCH3 is 1. The van der Waals surface area contributed by atoms with Crippen molar-refractivity contribution in [2.45, 2.75) is 39.2 Å². The summed E-state index contributed by atoms with van der Waals surface area (Å²) in [7, 11) is 1.55. The van der Waals surface area contributed by atoms with E-state index in [1.165, 1.54) is 12.8 Å². The second-order valence-corrected chi connectivity index (χ2v) is 5.90. The number of carbonyl (C=O) groups excluding carboxylic acids is 1. The van der Waals surface area contributed by atoms with Crippen molar-refractivity contribution in [3.63, 3.8) is 0 Å². The van der Waals surface area contributed by atoms with E-state index >= 15 is 0 Å². The molecule has 0 radical (unpaired) electrons. The van der Waals surface area contributed by atoms with Crippen LogP contribution >= 0.6 is 0 Å². The lowest BCUT2D eigenvalue weighted by molar-refractivity contribution is 0.0900. The van der Waals surface area contributed by atoms with Crippen LogP contribution in [0.4, 0.5) is 5.69 Å². The van der Waals surface area contributed by atoms with Gasteiger partial charge in [0.25, 0.3) is 5.91 Å². The van der Waals surface area contributed by atoms with Crippen LogP contribution in [-0.4, -0.2) is 19.1 Å². The van der Waals surface area contributed by atoms with Gasteiger partial charge in [0.1, 0.15) is 5.75 Å². The maximum atomic E-state index is 12.4. The molecule has 1 amide bonds. The normalized spacial score (nSPS) is 26.1. The predicted molar refractivity (Wildman–Crippen MR) is 80.8 cm³/mol. The van der Waals surface area contributed by atoms with Gasteiger partial charge < -0.3 is 15.8 Å². The molecule has 1 aromatic rings. The second-order valence-electron chi connectivity index (χ2n) is 5.90. The van der Waals surface area contributed by atoms with E-state index in [9.17, 15) is 4.79 Å². The Balaban J connectivity index is 2.09. The molecule has 0 spiro atoms. The third-order valence-corrected chi connectivity index (χ3v) is 4.28. The Morgan fingerprint density at radius 3 is 2.75 bits per heavy atom. The number of rotatable bonds is 3. The van der Waals surface area contributed by atoms with Gasteiger partial charge in [-0.05, 0) is 43.2 Å². The van der Waals surface area contributed by atoms with Crippen molar-refractivity contribution in [1.29, 1.82) is 0 Å². The molecule has 3 N–H and O–H groups in total. The number of hydrogen-bond acceptors (Lipinski definition) is 3. The average molecular weight is 276 g/mol. The van der Waals surface area contributed by atoms with Crippen LogP contribution in [0.5, 0.6) is 5.75 Å². The molecule has 0 aliphatic heterocycles. The molecule has 1 aliphatic rings. The quantitative estimate of drug-likeness (QED) is 0.834. The third-order valence-electron chi connectivity index (χ3n) is 4.28. The van der Waals surface area contributed by atoms with Crippen molar-refractivity contribution in [3.8, 4) is 5.75 Å². The first-order valence-electron chi connectivity index (χ1n) is 7.26. The number of nitrogen functional groups attached to an aromatic ring is 1. The van der Waals surface area contributed by atoms with Gasteiger partial charge in [0.15, 0.2) is 0 Å². The highest BCUT2D eigenvalue weighted by atomic mass is 16.5. The van der Waals surface area contributed by atoms with Crippen LogP contribution in [0.1, 0.15) is 43.5 Å². The Bertz CT molecular complexity index is 487. The minimum atomic E-state index is -0.104. The van der Waals surface area contributed by atoms with Gasteiger partial charge in [-0.3, -0.25) is 4.79 Å². The van der Waals surface area contributed by atoms with E-state index in [4.69, 9.17) is 10.5 Å². The maximum Gasteiger partial charge on any atom is 0.253 e. The first kappa shape index (κ1) is 14.7. The van der Waals surface area contributed by atoms with Crippen LogP contribution in [0.2, 0.25) is 0 Å². The first-order chi connectivity index (χ1) is 9.52. The van der Waals surface area contributed by atoms with Crippen molar-refractivity contribution >= 4 is 11.6 Å². The molecule has 20 heavy (non-hydrogen) atoms. The fourth-order valence-electron chi connectivity index (χ4n) is 3.05. The summed E-state index contributed by atoms with van der Waals surface area (Å²) in [6.07, 6.45) is 3.37. The van der Waals surface area contributed by atoms with Crippen LogP contribution < -0.4 is 15.8 Å².